The minimum absolute atomic E-state index is 0.173. The predicted octanol–water partition coefficient (Wildman–Crippen LogP) is 5.05. The molecule has 33 heavy (non-hydrogen) atoms. The van der Waals surface area contributed by atoms with Gasteiger partial charge in [0.25, 0.3) is 5.91 Å². The number of alkyl halides is 1. The summed E-state index contributed by atoms with van der Waals surface area (Å²) in [6, 6.07) is 19.4. The van der Waals surface area contributed by atoms with E-state index in [4.69, 9.17) is 22.1 Å². The highest BCUT2D eigenvalue weighted by atomic mass is 35.5. The highest BCUT2D eigenvalue weighted by molar-refractivity contribution is 7.10. The second kappa shape index (κ2) is 12.4. The lowest BCUT2D eigenvalue weighted by Gasteiger charge is -2.34. The van der Waals surface area contributed by atoms with Gasteiger partial charge in [-0.3, -0.25) is 14.5 Å². The molecular weight excluding hydrogens is 458 g/mol. The van der Waals surface area contributed by atoms with Crippen LogP contribution in [0.2, 0.25) is 0 Å². The third-order valence-electron chi connectivity index (χ3n) is 4.99. The molecular formula is C25H28ClN3O3S. The van der Waals surface area contributed by atoms with Crippen LogP contribution in [0.5, 0.6) is 11.5 Å². The molecule has 2 aromatic carbocycles. The summed E-state index contributed by atoms with van der Waals surface area (Å²) >= 11 is 7.42. The van der Waals surface area contributed by atoms with Gasteiger partial charge < -0.3 is 15.4 Å². The number of amides is 2. The predicted molar refractivity (Wildman–Crippen MR) is 134 cm³/mol. The molecule has 1 atom stereocenters. The number of hydrogen-bond acceptors (Lipinski definition) is 5. The van der Waals surface area contributed by atoms with E-state index in [1.54, 1.807) is 29.2 Å². The van der Waals surface area contributed by atoms with Gasteiger partial charge in [0, 0.05) is 30.2 Å². The third-order valence-corrected chi connectivity index (χ3v) is 6.14. The molecule has 0 fully saturated rings. The second-order valence-electron chi connectivity index (χ2n) is 7.34. The summed E-state index contributed by atoms with van der Waals surface area (Å²) in [5.74, 6) is 0.556. The molecule has 1 unspecified atom stereocenters. The first-order valence-corrected chi connectivity index (χ1v) is 12.2. The third kappa shape index (κ3) is 6.35. The highest BCUT2D eigenvalue weighted by Gasteiger charge is 2.35. The zero-order valence-corrected chi connectivity index (χ0v) is 20.1. The number of carbonyl (C=O) groups excluding carboxylic acids is 2. The van der Waals surface area contributed by atoms with Crippen LogP contribution in [0.1, 0.15) is 24.3 Å². The molecule has 0 spiro atoms. The SMILES string of the molecule is CCCN(CCN)C(=O)C(c1cccs1)N(C(=O)CCl)c1ccc(Oc2ccccc2)cc1. The standard InChI is InChI=1S/C25H28ClN3O3S/c1-2-15-28(16-14-27)25(31)24(22-9-6-17-33-22)29(23(30)18-26)19-10-12-21(13-11-19)32-20-7-4-3-5-8-20/h3-13,17,24H,2,14-16,18,27H2,1H3. The van der Waals surface area contributed by atoms with Crippen molar-refractivity contribution < 1.29 is 14.3 Å². The van der Waals surface area contributed by atoms with E-state index in [1.165, 1.54) is 16.2 Å². The first-order valence-electron chi connectivity index (χ1n) is 10.8. The van der Waals surface area contributed by atoms with Crippen molar-refractivity contribution >= 4 is 40.4 Å². The molecule has 0 bridgehead atoms. The molecule has 2 amide bonds. The van der Waals surface area contributed by atoms with Crippen LogP contribution in [0.15, 0.2) is 72.1 Å². The highest BCUT2D eigenvalue weighted by Crippen LogP contribution is 2.34. The average molecular weight is 486 g/mol. The number of hydrogen-bond donors (Lipinski definition) is 1. The maximum absolute atomic E-state index is 13.7. The lowest BCUT2D eigenvalue weighted by molar-refractivity contribution is -0.134. The van der Waals surface area contributed by atoms with Crippen LogP contribution in [0.4, 0.5) is 5.69 Å². The molecule has 0 radical (unpaired) electrons. The van der Waals surface area contributed by atoms with E-state index in [0.29, 0.717) is 36.8 Å². The van der Waals surface area contributed by atoms with Gasteiger partial charge in [0.15, 0.2) is 0 Å². The molecule has 6 nitrogen and oxygen atoms in total. The summed E-state index contributed by atoms with van der Waals surface area (Å²) in [6.45, 7) is 3.33. The Morgan fingerprint density at radius 3 is 2.27 bits per heavy atom. The Morgan fingerprint density at radius 1 is 1.00 bits per heavy atom. The second-order valence-corrected chi connectivity index (χ2v) is 8.58. The van der Waals surface area contributed by atoms with Crippen molar-refractivity contribution in [1.29, 1.82) is 0 Å². The number of halogens is 1. The Kier molecular flexibility index (Phi) is 9.30. The quantitative estimate of drug-likeness (QED) is 0.385. The van der Waals surface area contributed by atoms with Crippen LogP contribution in [0.25, 0.3) is 0 Å². The van der Waals surface area contributed by atoms with Crippen molar-refractivity contribution in [2.75, 3.05) is 30.4 Å². The molecule has 1 heterocycles. The van der Waals surface area contributed by atoms with Gasteiger partial charge in [0.05, 0.1) is 0 Å². The van der Waals surface area contributed by atoms with Crippen LogP contribution < -0.4 is 15.4 Å². The normalized spacial score (nSPS) is 11.6. The topological polar surface area (TPSA) is 75.9 Å². The first-order chi connectivity index (χ1) is 16.1. The number of ether oxygens (including phenoxy) is 1. The molecule has 0 saturated carbocycles. The molecule has 3 rings (SSSR count). The first kappa shape index (κ1) is 24.8. The van der Waals surface area contributed by atoms with Crippen molar-refractivity contribution in [2.24, 2.45) is 5.73 Å². The number of carbonyl (C=O) groups is 2. The van der Waals surface area contributed by atoms with Gasteiger partial charge >= 0.3 is 0 Å². The van der Waals surface area contributed by atoms with E-state index in [9.17, 15) is 9.59 Å². The van der Waals surface area contributed by atoms with Gasteiger partial charge in [-0.25, -0.2) is 0 Å². The summed E-state index contributed by atoms with van der Waals surface area (Å²) in [4.78, 5) is 30.7. The van der Waals surface area contributed by atoms with E-state index >= 15 is 0 Å². The van der Waals surface area contributed by atoms with Crippen molar-refractivity contribution in [1.82, 2.24) is 4.90 Å². The Balaban J connectivity index is 1.97. The summed E-state index contributed by atoms with van der Waals surface area (Å²) in [5.41, 5.74) is 6.33. The molecule has 0 aliphatic rings. The van der Waals surface area contributed by atoms with Crippen LogP contribution in [-0.4, -0.2) is 42.2 Å². The largest absolute Gasteiger partial charge is 0.457 e. The summed E-state index contributed by atoms with van der Waals surface area (Å²) in [5, 5.41) is 1.89. The minimum Gasteiger partial charge on any atom is -0.457 e. The monoisotopic (exact) mass is 485 g/mol. The van der Waals surface area contributed by atoms with Crippen molar-refractivity contribution in [3.63, 3.8) is 0 Å². The number of nitrogens with zero attached hydrogens (tertiary/aromatic N) is 2. The molecule has 0 aliphatic heterocycles. The average Bonchev–Trinajstić information content (AvgIpc) is 3.37. The van der Waals surface area contributed by atoms with Crippen molar-refractivity contribution in [3.05, 3.63) is 77.0 Å². The fraction of sp³-hybridized carbons (Fsp3) is 0.280. The zero-order valence-electron chi connectivity index (χ0n) is 18.5. The van der Waals surface area contributed by atoms with Crippen LogP contribution in [0, 0.1) is 0 Å². The van der Waals surface area contributed by atoms with E-state index in [1.807, 2.05) is 54.8 Å². The molecule has 174 valence electrons. The van der Waals surface area contributed by atoms with Crippen molar-refractivity contribution in [3.8, 4) is 11.5 Å². The molecule has 0 aliphatic carbocycles. The Hall–Kier alpha value is -2.87. The number of rotatable bonds is 11. The maximum atomic E-state index is 13.7. The fourth-order valence-electron chi connectivity index (χ4n) is 3.54. The number of para-hydroxylation sites is 1. The van der Waals surface area contributed by atoms with Gasteiger partial charge in [-0.05, 0) is 54.3 Å². The van der Waals surface area contributed by atoms with Crippen LogP contribution in [-0.2, 0) is 9.59 Å². The van der Waals surface area contributed by atoms with E-state index in [0.717, 1.165) is 11.3 Å². The lowest BCUT2D eigenvalue weighted by atomic mass is 10.1. The summed E-state index contributed by atoms with van der Waals surface area (Å²) in [7, 11) is 0. The molecule has 8 heteroatoms. The number of anilines is 1. The molecule has 2 N–H and O–H groups in total. The molecule has 3 aromatic rings. The van der Waals surface area contributed by atoms with E-state index < -0.39 is 6.04 Å². The van der Waals surface area contributed by atoms with Crippen LogP contribution in [0.3, 0.4) is 0 Å². The zero-order chi connectivity index (χ0) is 23.6. The Morgan fingerprint density at radius 2 is 1.70 bits per heavy atom. The van der Waals surface area contributed by atoms with Gasteiger partial charge in [0.1, 0.15) is 23.4 Å². The van der Waals surface area contributed by atoms with Gasteiger partial charge in [0.2, 0.25) is 5.91 Å². The number of benzene rings is 2. The lowest BCUT2D eigenvalue weighted by Crippen LogP contribution is -2.47. The summed E-state index contributed by atoms with van der Waals surface area (Å²) < 4.78 is 5.87. The Labute approximate surface area is 203 Å². The Bertz CT molecular complexity index is 1010. The smallest absolute Gasteiger partial charge is 0.251 e. The van der Waals surface area contributed by atoms with Gasteiger partial charge in [-0.1, -0.05) is 31.2 Å². The number of nitrogens with two attached hydrogens (primary N) is 1. The molecule has 1 aromatic heterocycles. The fourth-order valence-corrected chi connectivity index (χ4v) is 4.47. The van der Waals surface area contributed by atoms with Crippen LogP contribution >= 0.6 is 22.9 Å². The summed E-state index contributed by atoms with van der Waals surface area (Å²) in [6.07, 6.45) is 0.790. The maximum Gasteiger partial charge on any atom is 0.251 e. The van der Waals surface area contributed by atoms with Crippen molar-refractivity contribution in [2.45, 2.75) is 19.4 Å². The van der Waals surface area contributed by atoms with E-state index in [-0.39, 0.29) is 17.7 Å². The number of thiophene rings is 1. The van der Waals surface area contributed by atoms with Gasteiger partial charge in [-0.2, -0.15) is 0 Å². The minimum atomic E-state index is -0.824. The van der Waals surface area contributed by atoms with E-state index in [2.05, 4.69) is 0 Å². The van der Waals surface area contributed by atoms with Gasteiger partial charge in [-0.15, -0.1) is 22.9 Å². The molecule has 0 saturated heterocycles.